The molecule has 0 amide bonds. The van der Waals surface area contributed by atoms with Crippen LogP contribution >= 0.6 is 0 Å². The van der Waals surface area contributed by atoms with Crippen LogP contribution in [0.4, 0.5) is 11.4 Å². The van der Waals surface area contributed by atoms with Crippen LogP contribution in [0.2, 0.25) is 0 Å². The molecule has 0 aromatic heterocycles. The summed E-state index contributed by atoms with van der Waals surface area (Å²) in [5, 5.41) is 0. The number of nitrogens with one attached hydrogen (secondary N) is 1. The molecule has 3 aliphatic rings. The van der Waals surface area contributed by atoms with Gasteiger partial charge in [0.05, 0.1) is 12.9 Å². The van der Waals surface area contributed by atoms with Gasteiger partial charge in [-0.25, -0.2) is 8.42 Å². The van der Waals surface area contributed by atoms with Crippen LogP contribution in [0.15, 0.2) is 24.3 Å². The lowest BCUT2D eigenvalue weighted by atomic mass is 9.96. The van der Waals surface area contributed by atoms with E-state index in [-0.39, 0.29) is 0 Å². The summed E-state index contributed by atoms with van der Waals surface area (Å²) in [5.74, 6) is 0.829. The van der Waals surface area contributed by atoms with Crippen molar-refractivity contribution in [2.45, 2.75) is 19.3 Å². The molecule has 26 heavy (non-hydrogen) atoms. The molecule has 1 N–H and O–H groups in total. The summed E-state index contributed by atoms with van der Waals surface area (Å²) < 4.78 is 30.8. The first-order valence-corrected chi connectivity index (χ1v) is 11.5. The smallest absolute Gasteiger partial charge is 0.229 e. The Hall–Kier alpha value is -1.31. The largest absolute Gasteiger partial charge is 0.381 e. The summed E-state index contributed by atoms with van der Waals surface area (Å²) in [7, 11) is -3.22. The van der Waals surface area contributed by atoms with Crippen molar-refractivity contribution in [1.82, 2.24) is 4.90 Å². The number of rotatable bonds is 5. The number of hydrogen-bond donors (Lipinski definition) is 1. The minimum Gasteiger partial charge on any atom is -0.381 e. The Morgan fingerprint density at radius 2 is 1.92 bits per heavy atom. The van der Waals surface area contributed by atoms with Crippen LogP contribution < -0.4 is 9.62 Å². The quantitative estimate of drug-likeness (QED) is 0.848. The van der Waals surface area contributed by atoms with E-state index in [1.54, 1.807) is 0 Å². The van der Waals surface area contributed by atoms with Crippen LogP contribution in [-0.2, 0) is 14.8 Å². The third-order valence-corrected chi connectivity index (χ3v) is 6.70. The number of sulfonamides is 1. The van der Waals surface area contributed by atoms with Gasteiger partial charge in [-0.15, -0.1) is 0 Å². The van der Waals surface area contributed by atoms with Crippen molar-refractivity contribution in [2.24, 2.45) is 11.3 Å². The third kappa shape index (κ3) is 4.15. The van der Waals surface area contributed by atoms with E-state index in [0.29, 0.717) is 11.1 Å². The normalized spacial score (nSPS) is 29.7. The number of piperazine rings is 1. The van der Waals surface area contributed by atoms with E-state index in [1.807, 2.05) is 24.3 Å². The van der Waals surface area contributed by atoms with Crippen molar-refractivity contribution < 1.29 is 13.2 Å². The lowest BCUT2D eigenvalue weighted by Crippen LogP contribution is -2.47. The minimum absolute atomic E-state index is 0.512. The average molecular weight is 380 g/mol. The first-order chi connectivity index (χ1) is 12.4. The zero-order chi connectivity index (χ0) is 18.2. The van der Waals surface area contributed by atoms with Crippen LogP contribution in [0.1, 0.15) is 19.3 Å². The molecule has 7 heteroatoms. The van der Waals surface area contributed by atoms with Crippen LogP contribution in [0.3, 0.4) is 0 Å². The topological polar surface area (TPSA) is 61.9 Å². The van der Waals surface area contributed by atoms with Gasteiger partial charge in [0.15, 0.2) is 0 Å². The number of nitrogens with zero attached hydrogens (tertiary/aromatic N) is 2. The Morgan fingerprint density at radius 3 is 2.54 bits per heavy atom. The Labute approximate surface area is 156 Å². The molecule has 1 aromatic carbocycles. The third-order valence-electron chi connectivity index (χ3n) is 6.10. The van der Waals surface area contributed by atoms with Crippen molar-refractivity contribution in [3.05, 3.63) is 24.3 Å². The minimum atomic E-state index is -3.22. The molecular weight excluding hydrogens is 350 g/mol. The SMILES string of the molecule is CS(=O)(=O)Nc1ccc(N2CCN(CC3CC34CCCOC4)CC2)cc1. The maximum atomic E-state index is 11.3. The van der Waals surface area contributed by atoms with Gasteiger partial charge < -0.3 is 9.64 Å². The second-order valence-corrected chi connectivity index (χ2v) is 9.88. The average Bonchev–Trinajstić information content (AvgIpc) is 3.26. The maximum absolute atomic E-state index is 11.3. The van der Waals surface area contributed by atoms with Crippen LogP contribution in [0.25, 0.3) is 0 Å². The summed E-state index contributed by atoms with van der Waals surface area (Å²) in [6.07, 6.45) is 5.10. The fourth-order valence-corrected chi connectivity index (χ4v) is 5.07. The fourth-order valence-electron chi connectivity index (χ4n) is 4.50. The summed E-state index contributed by atoms with van der Waals surface area (Å²) in [4.78, 5) is 4.98. The lowest BCUT2D eigenvalue weighted by Gasteiger charge is -2.36. The Morgan fingerprint density at radius 1 is 1.19 bits per heavy atom. The van der Waals surface area contributed by atoms with Gasteiger partial charge in [0, 0.05) is 50.7 Å². The Balaban J connectivity index is 1.26. The van der Waals surface area contributed by atoms with Crippen molar-refractivity contribution in [2.75, 3.05) is 61.8 Å². The molecule has 1 spiro atoms. The summed E-state index contributed by atoms with van der Waals surface area (Å²) in [5.41, 5.74) is 2.29. The zero-order valence-corrected chi connectivity index (χ0v) is 16.3. The predicted molar refractivity (Wildman–Crippen MR) is 104 cm³/mol. The van der Waals surface area contributed by atoms with Gasteiger partial charge in [0.1, 0.15) is 0 Å². The van der Waals surface area contributed by atoms with E-state index >= 15 is 0 Å². The molecule has 3 fully saturated rings. The van der Waals surface area contributed by atoms with Gasteiger partial charge in [-0.3, -0.25) is 9.62 Å². The highest BCUT2D eigenvalue weighted by atomic mass is 32.2. The molecule has 0 radical (unpaired) electrons. The molecule has 4 rings (SSSR count). The van der Waals surface area contributed by atoms with Crippen LogP contribution in [-0.4, -0.2) is 65.5 Å². The summed E-state index contributed by atoms with van der Waals surface area (Å²) in [6, 6.07) is 7.66. The zero-order valence-electron chi connectivity index (χ0n) is 15.5. The highest BCUT2D eigenvalue weighted by Crippen LogP contribution is 2.57. The molecule has 0 bridgehead atoms. The first-order valence-electron chi connectivity index (χ1n) is 9.57. The van der Waals surface area contributed by atoms with Crippen molar-refractivity contribution in [1.29, 1.82) is 0 Å². The standard InChI is InChI=1S/C19H29N3O3S/c1-26(23,24)20-17-3-5-18(6-4-17)22-10-8-21(9-11-22)14-16-13-19(16)7-2-12-25-15-19/h3-6,16,20H,2,7-15H2,1H3. The Bertz CT molecular complexity index is 721. The lowest BCUT2D eigenvalue weighted by molar-refractivity contribution is 0.0331. The second-order valence-electron chi connectivity index (χ2n) is 8.13. The molecule has 144 valence electrons. The van der Waals surface area contributed by atoms with Gasteiger partial charge in [-0.2, -0.15) is 0 Å². The summed E-state index contributed by atoms with van der Waals surface area (Å²) in [6.45, 7) is 7.38. The molecule has 2 aliphatic heterocycles. The fraction of sp³-hybridized carbons (Fsp3) is 0.684. The van der Waals surface area contributed by atoms with Crippen LogP contribution in [0.5, 0.6) is 0 Å². The molecular formula is C19H29N3O3S. The van der Waals surface area contributed by atoms with E-state index in [9.17, 15) is 8.42 Å². The van der Waals surface area contributed by atoms with E-state index in [4.69, 9.17) is 4.74 Å². The highest BCUT2D eigenvalue weighted by molar-refractivity contribution is 7.92. The predicted octanol–water partition coefficient (Wildman–Crippen LogP) is 2.00. The molecule has 6 nitrogen and oxygen atoms in total. The molecule has 2 heterocycles. The molecule has 2 unspecified atom stereocenters. The van der Waals surface area contributed by atoms with E-state index in [1.165, 1.54) is 32.1 Å². The van der Waals surface area contributed by atoms with Crippen molar-refractivity contribution in [3.63, 3.8) is 0 Å². The van der Waals surface area contributed by atoms with E-state index < -0.39 is 10.0 Å². The van der Waals surface area contributed by atoms with E-state index in [2.05, 4.69) is 14.5 Å². The molecule has 1 aliphatic carbocycles. The van der Waals surface area contributed by atoms with Gasteiger partial charge in [0.25, 0.3) is 0 Å². The number of benzene rings is 1. The van der Waals surface area contributed by atoms with Gasteiger partial charge in [-0.05, 0) is 54.9 Å². The van der Waals surface area contributed by atoms with E-state index in [0.717, 1.165) is 51.0 Å². The van der Waals surface area contributed by atoms with Gasteiger partial charge in [0.2, 0.25) is 10.0 Å². The molecule has 1 aromatic rings. The van der Waals surface area contributed by atoms with Gasteiger partial charge >= 0.3 is 0 Å². The highest BCUT2D eigenvalue weighted by Gasteiger charge is 2.54. The maximum Gasteiger partial charge on any atom is 0.229 e. The number of anilines is 2. The number of hydrogen-bond acceptors (Lipinski definition) is 5. The van der Waals surface area contributed by atoms with Crippen molar-refractivity contribution >= 4 is 21.4 Å². The van der Waals surface area contributed by atoms with Crippen molar-refractivity contribution in [3.8, 4) is 0 Å². The molecule has 2 atom stereocenters. The number of ether oxygens (including phenoxy) is 1. The first kappa shape index (κ1) is 18.1. The summed E-state index contributed by atoms with van der Waals surface area (Å²) >= 11 is 0. The second kappa shape index (κ2) is 7.02. The monoisotopic (exact) mass is 379 g/mol. The Kier molecular flexibility index (Phi) is 4.88. The van der Waals surface area contributed by atoms with Gasteiger partial charge in [-0.1, -0.05) is 0 Å². The molecule has 2 saturated heterocycles. The molecule has 1 saturated carbocycles. The van der Waals surface area contributed by atoms with Crippen LogP contribution in [0, 0.1) is 11.3 Å².